The first-order valence-corrected chi connectivity index (χ1v) is 8.83. The zero-order valence-corrected chi connectivity index (χ0v) is 13.3. The summed E-state index contributed by atoms with van der Waals surface area (Å²) in [6.07, 6.45) is 3.51. The van der Waals surface area contributed by atoms with Crippen molar-refractivity contribution < 1.29 is 17.6 Å². The van der Waals surface area contributed by atoms with E-state index in [0.717, 1.165) is 12.8 Å². The molecule has 0 bridgehead atoms. The Labute approximate surface area is 134 Å². The number of pyridine rings is 1. The summed E-state index contributed by atoms with van der Waals surface area (Å²) in [5.74, 6) is -0.223. The van der Waals surface area contributed by atoms with E-state index in [1.54, 1.807) is 29.3 Å². The van der Waals surface area contributed by atoms with Crippen LogP contribution >= 0.6 is 0 Å². The summed E-state index contributed by atoms with van der Waals surface area (Å²) in [4.78, 5) is 17.9. The molecular formula is C15H17N3O4S. The summed E-state index contributed by atoms with van der Waals surface area (Å²) in [7, 11) is -3.82. The Morgan fingerprint density at radius 2 is 2.00 bits per heavy atom. The van der Waals surface area contributed by atoms with Crippen LogP contribution in [-0.2, 0) is 16.6 Å². The number of hydrogen-bond acceptors (Lipinski definition) is 5. The van der Waals surface area contributed by atoms with Crippen molar-refractivity contribution in [1.29, 1.82) is 0 Å². The number of sulfonamides is 1. The number of furan rings is 1. The highest BCUT2D eigenvalue weighted by Gasteiger charge is 2.25. The van der Waals surface area contributed by atoms with Crippen LogP contribution in [0.15, 0.2) is 46.0 Å². The molecule has 7 nitrogen and oxygen atoms in total. The Hall–Kier alpha value is -2.19. The van der Waals surface area contributed by atoms with Crippen molar-refractivity contribution in [2.45, 2.75) is 24.5 Å². The second-order valence-corrected chi connectivity index (χ2v) is 6.96. The predicted molar refractivity (Wildman–Crippen MR) is 82.1 cm³/mol. The number of nitrogens with zero attached hydrogens (tertiary/aromatic N) is 2. The van der Waals surface area contributed by atoms with Gasteiger partial charge in [-0.1, -0.05) is 6.07 Å². The molecule has 0 spiro atoms. The molecule has 0 unspecified atom stereocenters. The maximum atomic E-state index is 12.2. The first-order valence-electron chi connectivity index (χ1n) is 7.35. The smallest absolute Gasteiger partial charge is 0.289 e. The normalized spacial score (nSPS) is 15.0. The first kappa shape index (κ1) is 15.7. The van der Waals surface area contributed by atoms with Gasteiger partial charge in [-0.15, -0.1) is 0 Å². The van der Waals surface area contributed by atoms with Gasteiger partial charge in [0.15, 0.2) is 5.76 Å². The van der Waals surface area contributed by atoms with Crippen LogP contribution in [0.5, 0.6) is 0 Å². The van der Waals surface area contributed by atoms with Gasteiger partial charge < -0.3 is 9.32 Å². The van der Waals surface area contributed by atoms with Gasteiger partial charge in [0.1, 0.15) is 0 Å². The Balaban J connectivity index is 1.69. The minimum absolute atomic E-state index is 0.0464. The van der Waals surface area contributed by atoms with Crippen LogP contribution in [0.25, 0.3) is 0 Å². The zero-order valence-electron chi connectivity index (χ0n) is 12.4. The minimum Gasteiger partial charge on any atom is -0.438 e. The van der Waals surface area contributed by atoms with Gasteiger partial charge in [0, 0.05) is 19.3 Å². The van der Waals surface area contributed by atoms with Crippen LogP contribution in [-0.4, -0.2) is 37.3 Å². The van der Waals surface area contributed by atoms with Crippen LogP contribution in [0.3, 0.4) is 0 Å². The molecule has 23 heavy (non-hydrogen) atoms. The summed E-state index contributed by atoms with van der Waals surface area (Å²) in [5, 5.41) is -0.268. The SMILES string of the molecule is O=C(c1ccc(S(=O)(=O)NCc2ccccn2)o1)N1CCCC1. The molecule has 0 aromatic carbocycles. The van der Waals surface area contributed by atoms with Crippen LogP contribution in [0.2, 0.25) is 0 Å². The van der Waals surface area contributed by atoms with E-state index in [2.05, 4.69) is 9.71 Å². The second kappa shape index (κ2) is 6.51. The number of rotatable bonds is 5. The van der Waals surface area contributed by atoms with Crippen LogP contribution in [0, 0.1) is 0 Å². The maximum absolute atomic E-state index is 12.2. The first-order chi connectivity index (χ1) is 11.1. The number of hydrogen-bond donors (Lipinski definition) is 1. The van der Waals surface area contributed by atoms with E-state index in [4.69, 9.17) is 4.42 Å². The lowest BCUT2D eigenvalue weighted by Gasteiger charge is -2.12. The Morgan fingerprint density at radius 3 is 2.70 bits per heavy atom. The highest BCUT2D eigenvalue weighted by Crippen LogP contribution is 2.18. The van der Waals surface area contributed by atoms with Crippen molar-refractivity contribution in [2.24, 2.45) is 0 Å². The Morgan fingerprint density at radius 1 is 1.22 bits per heavy atom. The van der Waals surface area contributed by atoms with Crippen LogP contribution in [0.1, 0.15) is 29.1 Å². The molecule has 3 rings (SSSR count). The fraction of sp³-hybridized carbons (Fsp3) is 0.333. The summed E-state index contributed by atoms with van der Waals surface area (Å²) >= 11 is 0. The number of nitrogens with one attached hydrogen (secondary N) is 1. The summed E-state index contributed by atoms with van der Waals surface area (Å²) in [6, 6.07) is 7.93. The van der Waals surface area contributed by atoms with E-state index in [9.17, 15) is 13.2 Å². The average Bonchev–Trinajstić information content (AvgIpc) is 3.25. The summed E-state index contributed by atoms with van der Waals surface area (Å²) in [5.41, 5.74) is 0.594. The molecule has 1 saturated heterocycles. The van der Waals surface area contributed by atoms with Crippen molar-refractivity contribution in [2.75, 3.05) is 13.1 Å². The van der Waals surface area contributed by atoms with Gasteiger partial charge in [-0.25, -0.2) is 13.1 Å². The number of amides is 1. The molecule has 3 heterocycles. The van der Waals surface area contributed by atoms with E-state index < -0.39 is 10.0 Å². The molecule has 1 aliphatic heterocycles. The molecule has 1 fully saturated rings. The quantitative estimate of drug-likeness (QED) is 0.891. The molecule has 0 saturated carbocycles. The fourth-order valence-electron chi connectivity index (χ4n) is 2.40. The average molecular weight is 335 g/mol. The third kappa shape index (κ3) is 3.59. The van der Waals surface area contributed by atoms with Gasteiger partial charge in [0.2, 0.25) is 5.09 Å². The standard InChI is InChI=1S/C15H17N3O4S/c19-15(18-9-3-4-10-18)13-6-7-14(22-13)23(20,21)17-11-12-5-1-2-8-16-12/h1-2,5-8,17H,3-4,9-11H2. The van der Waals surface area contributed by atoms with E-state index in [-0.39, 0.29) is 23.3 Å². The molecule has 8 heteroatoms. The maximum Gasteiger partial charge on any atom is 0.289 e. The fourth-order valence-corrected chi connectivity index (χ4v) is 3.33. The lowest BCUT2D eigenvalue weighted by Crippen LogP contribution is -2.27. The summed E-state index contributed by atoms with van der Waals surface area (Å²) < 4.78 is 32.1. The van der Waals surface area contributed by atoms with E-state index in [1.807, 2.05) is 0 Å². The molecular weight excluding hydrogens is 318 g/mol. The van der Waals surface area contributed by atoms with E-state index in [0.29, 0.717) is 18.8 Å². The van der Waals surface area contributed by atoms with Gasteiger partial charge in [0.05, 0.1) is 12.2 Å². The molecule has 2 aromatic heterocycles. The highest BCUT2D eigenvalue weighted by molar-refractivity contribution is 7.89. The van der Waals surface area contributed by atoms with Crippen LogP contribution < -0.4 is 4.72 Å². The monoisotopic (exact) mass is 335 g/mol. The molecule has 0 radical (unpaired) electrons. The molecule has 0 atom stereocenters. The van der Waals surface area contributed by atoms with Crippen molar-refractivity contribution in [3.05, 3.63) is 48.0 Å². The number of carbonyl (C=O) groups excluding carboxylic acids is 1. The molecule has 2 aromatic rings. The lowest BCUT2D eigenvalue weighted by atomic mass is 10.4. The molecule has 122 valence electrons. The van der Waals surface area contributed by atoms with Gasteiger partial charge in [-0.3, -0.25) is 9.78 Å². The second-order valence-electron chi connectivity index (χ2n) is 5.26. The van der Waals surface area contributed by atoms with Crippen molar-refractivity contribution in [1.82, 2.24) is 14.6 Å². The van der Waals surface area contributed by atoms with Crippen LogP contribution in [0.4, 0.5) is 0 Å². The van der Waals surface area contributed by atoms with Gasteiger partial charge in [0.25, 0.3) is 15.9 Å². The van der Waals surface area contributed by atoms with Gasteiger partial charge in [-0.2, -0.15) is 0 Å². The number of aromatic nitrogens is 1. The summed E-state index contributed by atoms with van der Waals surface area (Å²) in [6.45, 7) is 1.42. The topological polar surface area (TPSA) is 92.5 Å². The Kier molecular flexibility index (Phi) is 4.44. The van der Waals surface area contributed by atoms with Gasteiger partial charge >= 0.3 is 0 Å². The van der Waals surface area contributed by atoms with Crippen molar-refractivity contribution >= 4 is 15.9 Å². The largest absolute Gasteiger partial charge is 0.438 e. The zero-order chi connectivity index (χ0) is 16.3. The van der Waals surface area contributed by atoms with Gasteiger partial charge in [-0.05, 0) is 37.1 Å². The molecule has 0 aliphatic carbocycles. The van der Waals surface area contributed by atoms with Crippen molar-refractivity contribution in [3.63, 3.8) is 0 Å². The molecule has 1 aliphatic rings. The molecule has 1 amide bonds. The third-order valence-corrected chi connectivity index (χ3v) is 4.89. The van der Waals surface area contributed by atoms with Crippen molar-refractivity contribution in [3.8, 4) is 0 Å². The predicted octanol–water partition coefficient (Wildman–Crippen LogP) is 1.39. The third-order valence-electron chi connectivity index (χ3n) is 3.62. The van der Waals surface area contributed by atoms with E-state index >= 15 is 0 Å². The lowest BCUT2D eigenvalue weighted by molar-refractivity contribution is 0.0755. The molecule has 1 N–H and O–H groups in total. The number of likely N-dealkylation sites (tertiary alicyclic amines) is 1. The minimum atomic E-state index is -3.82. The Bertz CT molecular complexity index is 780. The highest BCUT2D eigenvalue weighted by atomic mass is 32.2. The number of carbonyl (C=O) groups is 1. The van der Waals surface area contributed by atoms with E-state index in [1.165, 1.54) is 12.1 Å².